The molecule has 17 heavy (non-hydrogen) atoms. The maximum atomic E-state index is 12.6. The molecule has 1 saturated heterocycles. The standard InChI is InChI=1S/C11H20N4OS/c1-5-14-6-7-15(16,8-14)10-13-12-9(17-10)11(2,3)4/h5-8H2,1-4H3. The van der Waals surface area contributed by atoms with Crippen LogP contribution in [-0.4, -0.2) is 41.4 Å². The molecule has 96 valence electrons. The summed E-state index contributed by atoms with van der Waals surface area (Å²) < 4.78 is -0.332. The van der Waals surface area contributed by atoms with Crippen molar-refractivity contribution in [2.24, 2.45) is 0 Å². The molecular formula is C11H20N4OS. The molecule has 1 atom stereocenters. The van der Waals surface area contributed by atoms with E-state index in [2.05, 4.69) is 42.8 Å². The Kier molecular flexibility index (Phi) is 3.24. The summed E-state index contributed by atoms with van der Waals surface area (Å²) in [6.45, 7) is 11.2. The van der Waals surface area contributed by atoms with Crippen molar-refractivity contribution < 1.29 is 0 Å². The van der Waals surface area contributed by atoms with Gasteiger partial charge in [-0.05, 0) is 11.3 Å². The van der Waals surface area contributed by atoms with E-state index >= 15 is 0 Å². The molecule has 1 aliphatic heterocycles. The lowest BCUT2D eigenvalue weighted by molar-refractivity contribution is 0.300. The molecule has 1 fully saturated rings. The first-order chi connectivity index (χ1) is 7.85. The summed E-state index contributed by atoms with van der Waals surface area (Å²) in [4.78, 5) is 2.16. The monoisotopic (exact) mass is 256 g/mol. The molecule has 1 aromatic heterocycles. The van der Waals surface area contributed by atoms with Crippen LogP contribution in [0.2, 0.25) is 0 Å². The van der Waals surface area contributed by atoms with Gasteiger partial charge in [-0.3, -0.25) is 9.55 Å². The topological polar surface area (TPSA) is 52.1 Å². The van der Waals surface area contributed by atoms with Gasteiger partial charge < -0.3 is 5.21 Å². The Morgan fingerprint density at radius 1 is 1.41 bits per heavy atom. The highest BCUT2D eigenvalue weighted by atomic mass is 32.1. The van der Waals surface area contributed by atoms with Gasteiger partial charge in [0.25, 0.3) is 0 Å². The highest BCUT2D eigenvalue weighted by Crippen LogP contribution is 2.34. The molecule has 2 rings (SSSR count). The summed E-state index contributed by atoms with van der Waals surface area (Å²) in [5, 5.41) is 22.4. The van der Waals surface area contributed by atoms with Gasteiger partial charge in [0.2, 0.25) is 0 Å². The predicted molar refractivity (Wildman–Crippen MR) is 70.8 cm³/mol. The van der Waals surface area contributed by atoms with Crippen molar-refractivity contribution in [2.75, 3.05) is 26.3 Å². The second kappa shape index (κ2) is 4.28. The number of quaternary nitrogens is 1. The van der Waals surface area contributed by atoms with Gasteiger partial charge in [-0.25, -0.2) is 0 Å². The molecule has 0 amide bonds. The van der Waals surface area contributed by atoms with Crippen LogP contribution in [0.1, 0.15) is 32.7 Å². The van der Waals surface area contributed by atoms with E-state index in [1.54, 1.807) is 0 Å². The van der Waals surface area contributed by atoms with Crippen LogP contribution in [0.5, 0.6) is 0 Å². The van der Waals surface area contributed by atoms with Gasteiger partial charge in [-0.1, -0.05) is 32.8 Å². The molecule has 2 heterocycles. The van der Waals surface area contributed by atoms with E-state index in [9.17, 15) is 5.21 Å². The number of hydroxylamine groups is 2. The van der Waals surface area contributed by atoms with Crippen LogP contribution in [0.3, 0.4) is 0 Å². The summed E-state index contributed by atoms with van der Waals surface area (Å²) in [6.07, 6.45) is 0. The molecule has 0 aliphatic carbocycles. The third-order valence-electron chi connectivity index (χ3n) is 3.06. The maximum absolute atomic E-state index is 12.6. The molecule has 1 aliphatic rings. The second-order valence-electron chi connectivity index (χ2n) is 5.60. The van der Waals surface area contributed by atoms with Crippen LogP contribution in [0.4, 0.5) is 5.13 Å². The molecule has 0 spiro atoms. The molecule has 0 N–H and O–H groups in total. The van der Waals surface area contributed by atoms with Crippen molar-refractivity contribution in [2.45, 2.75) is 33.1 Å². The van der Waals surface area contributed by atoms with Crippen molar-refractivity contribution in [3.8, 4) is 0 Å². The van der Waals surface area contributed by atoms with Gasteiger partial charge in [-0.2, -0.15) is 0 Å². The Morgan fingerprint density at radius 2 is 2.12 bits per heavy atom. The van der Waals surface area contributed by atoms with Gasteiger partial charge in [0.1, 0.15) is 11.7 Å². The minimum Gasteiger partial charge on any atom is -0.625 e. The summed E-state index contributed by atoms with van der Waals surface area (Å²) >= 11 is 1.46. The quantitative estimate of drug-likeness (QED) is 0.599. The molecular weight excluding hydrogens is 236 g/mol. The molecule has 0 radical (unpaired) electrons. The lowest BCUT2D eigenvalue weighted by Gasteiger charge is -2.33. The number of aromatic nitrogens is 2. The van der Waals surface area contributed by atoms with Crippen LogP contribution in [0, 0.1) is 5.21 Å². The molecule has 5 nitrogen and oxygen atoms in total. The van der Waals surface area contributed by atoms with E-state index in [0.717, 1.165) is 18.1 Å². The van der Waals surface area contributed by atoms with Crippen LogP contribution in [0.25, 0.3) is 0 Å². The SMILES string of the molecule is CCN1CC[N+]([O-])(c2nnc(C(C)(C)C)s2)C1. The van der Waals surface area contributed by atoms with E-state index in [1.807, 2.05) is 0 Å². The lowest BCUT2D eigenvalue weighted by atomic mass is 9.98. The van der Waals surface area contributed by atoms with Crippen molar-refractivity contribution in [1.29, 1.82) is 0 Å². The number of rotatable bonds is 2. The Hall–Kier alpha value is -0.560. The molecule has 1 unspecified atom stereocenters. The lowest BCUT2D eigenvalue weighted by Crippen LogP contribution is -2.42. The van der Waals surface area contributed by atoms with E-state index in [4.69, 9.17) is 0 Å². The predicted octanol–water partition coefficient (Wildman–Crippen LogP) is 1.93. The van der Waals surface area contributed by atoms with Crippen LogP contribution >= 0.6 is 11.3 Å². The van der Waals surface area contributed by atoms with Crippen molar-refractivity contribution in [1.82, 2.24) is 19.7 Å². The highest BCUT2D eigenvalue weighted by Gasteiger charge is 2.35. The first-order valence-corrected chi connectivity index (χ1v) is 6.82. The fourth-order valence-corrected chi connectivity index (χ4v) is 2.82. The fraction of sp³-hybridized carbons (Fsp3) is 0.818. The van der Waals surface area contributed by atoms with Gasteiger partial charge >= 0.3 is 5.13 Å². The van der Waals surface area contributed by atoms with Crippen LogP contribution in [-0.2, 0) is 5.41 Å². The molecule has 0 saturated carbocycles. The Balaban J connectivity index is 2.21. The molecule has 0 bridgehead atoms. The van der Waals surface area contributed by atoms with E-state index in [1.165, 1.54) is 11.3 Å². The van der Waals surface area contributed by atoms with E-state index in [-0.39, 0.29) is 10.1 Å². The third-order valence-corrected chi connectivity index (χ3v) is 4.54. The average molecular weight is 256 g/mol. The second-order valence-corrected chi connectivity index (χ2v) is 6.56. The van der Waals surface area contributed by atoms with Gasteiger partial charge in [0.15, 0.2) is 0 Å². The largest absolute Gasteiger partial charge is 0.625 e. The maximum Gasteiger partial charge on any atom is 0.307 e. The van der Waals surface area contributed by atoms with Gasteiger partial charge in [0, 0.05) is 12.0 Å². The van der Waals surface area contributed by atoms with Crippen molar-refractivity contribution in [3.05, 3.63) is 10.2 Å². The normalized spacial score (nSPS) is 26.6. The third kappa shape index (κ3) is 2.49. The summed E-state index contributed by atoms with van der Waals surface area (Å²) in [5.41, 5.74) is -0.0285. The van der Waals surface area contributed by atoms with Crippen molar-refractivity contribution >= 4 is 16.5 Å². The Labute approximate surface area is 106 Å². The van der Waals surface area contributed by atoms with E-state index in [0.29, 0.717) is 18.3 Å². The average Bonchev–Trinajstić information content (AvgIpc) is 2.83. The number of nitrogens with zero attached hydrogens (tertiary/aromatic N) is 4. The van der Waals surface area contributed by atoms with Gasteiger partial charge in [-0.15, -0.1) is 5.10 Å². The summed E-state index contributed by atoms with van der Waals surface area (Å²) in [6, 6.07) is 0. The molecule has 0 aromatic carbocycles. The number of likely N-dealkylation sites (N-methyl/N-ethyl adjacent to an activating group) is 1. The summed E-state index contributed by atoms with van der Waals surface area (Å²) in [7, 11) is 0. The van der Waals surface area contributed by atoms with Crippen molar-refractivity contribution in [3.63, 3.8) is 0 Å². The first kappa shape index (κ1) is 12.9. The zero-order valence-corrected chi connectivity index (χ0v) is 11.8. The molecule has 6 heteroatoms. The fourth-order valence-electron chi connectivity index (χ4n) is 1.86. The van der Waals surface area contributed by atoms with Crippen LogP contribution < -0.4 is 4.65 Å². The van der Waals surface area contributed by atoms with E-state index < -0.39 is 0 Å². The number of hydrogen-bond donors (Lipinski definition) is 0. The summed E-state index contributed by atoms with van der Waals surface area (Å²) in [5.74, 6) is 0. The van der Waals surface area contributed by atoms with Gasteiger partial charge in [0.05, 0.1) is 13.1 Å². The Morgan fingerprint density at radius 3 is 2.59 bits per heavy atom. The molecule has 1 aromatic rings. The Bertz CT molecular complexity index is 400. The zero-order valence-electron chi connectivity index (χ0n) is 10.9. The smallest absolute Gasteiger partial charge is 0.307 e. The highest BCUT2D eigenvalue weighted by molar-refractivity contribution is 7.15. The zero-order chi connectivity index (χ0) is 12.7. The minimum absolute atomic E-state index is 0.0285. The van der Waals surface area contributed by atoms with Crippen LogP contribution in [0.15, 0.2) is 0 Å². The number of hydrogen-bond acceptors (Lipinski definition) is 5. The minimum atomic E-state index is -0.332. The first-order valence-electron chi connectivity index (χ1n) is 6.00.